The number of ether oxygens (including phenoxy) is 1. The predicted octanol–water partition coefficient (Wildman–Crippen LogP) is 0.164. The third-order valence-electron chi connectivity index (χ3n) is 5.63. The first-order chi connectivity index (χ1) is 13.5. The van der Waals surface area contributed by atoms with Crippen molar-refractivity contribution in [3.63, 3.8) is 0 Å². The van der Waals surface area contributed by atoms with E-state index in [1.807, 2.05) is 25.1 Å². The van der Waals surface area contributed by atoms with Crippen LogP contribution in [0.25, 0.3) is 0 Å². The molecule has 2 aromatic rings. The van der Waals surface area contributed by atoms with Crippen LogP contribution in [0.3, 0.4) is 0 Å². The summed E-state index contributed by atoms with van der Waals surface area (Å²) in [5.41, 5.74) is 3.69. The van der Waals surface area contributed by atoms with Gasteiger partial charge in [-0.15, -0.1) is 0 Å². The molecule has 1 atom stereocenters. The van der Waals surface area contributed by atoms with Crippen molar-refractivity contribution in [1.29, 1.82) is 0 Å². The molecule has 0 bridgehead atoms. The van der Waals surface area contributed by atoms with Crippen LogP contribution in [0.4, 0.5) is 0 Å². The third kappa shape index (κ3) is 5.57. The van der Waals surface area contributed by atoms with Gasteiger partial charge in [-0.05, 0) is 31.5 Å². The summed E-state index contributed by atoms with van der Waals surface area (Å²) in [7, 11) is 1.74. The van der Waals surface area contributed by atoms with Crippen molar-refractivity contribution in [2.24, 2.45) is 0 Å². The van der Waals surface area contributed by atoms with Gasteiger partial charge in [0.15, 0.2) is 6.54 Å². The van der Waals surface area contributed by atoms with Crippen molar-refractivity contribution in [1.82, 2.24) is 5.32 Å². The molecular weight excluding hydrogens is 350 g/mol. The maximum absolute atomic E-state index is 12.4. The predicted molar refractivity (Wildman–Crippen MR) is 111 cm³/mol. The van der Waals surface area contributed by atoms with E-state index in [0.29, 0.717) is 6.54 Å². The molecule has 2 aromatic carbocycles. The molecule has 1 fully saturated rings. The van der Waals surface area contributed by atoms with Crippen LogP contribution in [0.15, 0.2) is 48.5 Å². The summed E-state index contributed by atoms with van der Waals surface area (Å²) < 4.78 is 5.52. The van der Waals surface area contributed by atoms with E-state index >= 15 is 0 Å². The fourth-order valence-corrected chi connectivity index (χ4v) is 3.97. The number of carbonyl (C=O) groups excluding carboxylic acids is 1. The van der Waals surface area contributed by atoms with Crippen LogP contribution in [-0.2, 0) is 11.3 Å². The molecule has 0 saturated carbocycles. The highest BCUT2D eigenvalue weighted by Crippen LogP contribution is 2.18. The molecule has 0 aromatic heterocycles. The first-order valence-corrected chi connectivity index (χ1v) is 10.2. The zero-order valence-corrected chi connectivity index (χ0v) is 17.3. The summed E-state index contributed by atoms with van der Waals surface area (Å²) in [5, 5.41) is 3.13. The Kier molecular flexibility index (Phi) is 7.06. The van der Waals surface area contributed by atoms with Gasteiger partial charge in [0.1, 0.15) is 38.5 Å². The van der Waals surface area contributed by atoms with Crippen LogP contribution in [0.1, 0.15) is 29.7 Å². The van der Waals surface area contributed by atoms with E-state index < -0.39 is 0 Å². The number of aryl methyl sites for hydroxylation is 1. The number of amides is 1. The number of quaternary nitrogens is 2. The van der Waals surface area contributed by atoms with E-state index in [-0.39, 0.29) is 11.9 Å². The molecule has 1 aliphatic rings. The van der Waals surface area contributed by atoms with Gasteiger partial charge >= 0.3 is 0 Å². The van der Waals surface area contributed by atoms with Gasteiger partial charge in [-0.25, -0.2) is 0 Å². The molecule has 0 radical (unpaired) electrons. The molecule has 1 aliphatic heterocycles. The monoisotopic (exact) mass is 383 g/mol. The number of hydrogen-bond acceptors (Lipinski definition) is 2. The molecule has 5 heteroatoms. The SMILES string of the molecule is COc1ccc(C)cc1C[NH+]1CC[NH+](CC(=O)N[C@H](C)c2ccccc2)CC1. The number of methoxy groups -OCH3 is 1. The quantitative estimate of drug-likeness (QED) is 0.638. The van der Waals surface area contributed by atoms with E-state index in [1.165, 1.54) is 16.0 Å². The van der Waals surface area contributed by atoms with Crippen molar-refractivity contribution < 1.29 is 19.3 Å². The average Bonchev–Trinajstić information content (AvgIpc) is 2.70. The van der Waals surface area contributed by atoms with Crippen molar-refractivity contribution >= 4 is 5.91 Å². The maximum atomic E-state index is 12.4. The van der Waals surface area contributed by atoms with Crippen molar-refractivity contribution in [3.05, 3.63) is 65.2 Å². The molecule has 150 valence electrons. The lowest BCUT2D eigenvalue weighted by Gasteiger charge is -2.30. The van der Waals surface area contributed by atoms with Gasteiger partial charge in [-0.1, -0.05) is 42.0 Å². The zero-order valence-electron chi connectivity index (χ0n) is 17.3. The highest BCUT2D eigenvalue weighted by atomic mass is 16.5. The molecule has 1 heterocycles. The number of hydrogen-bond donors (Lipinski definition) is 3. The first-order valence-electron chi connectivity index (χ1n) is 10.2. The third-order valence-corrected chi connectivity index (χ3v) is 5.63. The van der Waals surface area contributed by atoms with Crippen molar-refractivity contribution in [3.8, 4) is 5.75 Å². The Morgan fingerprint density at radius 3 is 2.43 bits per heavy atom. The smallest absolute Gasteiger partial charge is 0.275 e. The fourth-order valence-electron chi connectivity index (χ4n) is 3.97. The Labute approximate surface area is 168 Å². The van der Waals surface area contributed by atoms with Gasteiger partial charge in [0.05, 0.1) is 13.2 Å². The minimum absolute atomic E-state index is 0.0498. The Morgan fingerprint density at radius 1 is 1.07 bits per heavy atom. The van der Waals surface area contributed by atoms with Gasteiger partial charge in [0.2, 0.25) is 0 Å². The summed E-state index contributed by atoms with van der Waals surface area (Å²) in [6.45, 7) is 9.90. The molecule has 3 N–H and O–H groups in total. The van der Waals surface area contributed by atoms with Gasteiger partial charge in [-0.2, -0.15) is 0 Å². The summed E-state index contributed by atoms with van der Waals surface area (Å²) >= 11 is 0. The standard InChI is InChI=1S/C23H31N3O2/c1-18-9-10-22(28-3)21(15-18)16-25-11-13-26(14-12-25)17-23(27)24-19(2)20-7-5-4-6-8-20/h4-10,15,19H,11-14,16-17H2,1-3H3,(H,24,27)/p+2/t19-/m1/s1. The second-order valence-electron chi connectivity index (χ2n) is 7.87. The number of rotatable bonds is 7. The Morgan fingerprint density at radius 2 is 1.75 bits per heavy atom. The summed E-state index contributed by atoms with van der Waals surface area (Å²) in [5.74, 6) is 1.11. The van der Waals surface area contributed by atoms with Crippen molar-refractivity contribution in [2.75, 3.05) is 39.8 Å². The molecule has 0 unspecified atom stereocenters. The van der Waals surface area contributed by atoms with Gasteiger partial charge in [0, 0.05) is 5.56 Å². The lowest BCUT2D eigenvalue weighted by atomic mass is 10.1. The zero-order chi connectivity index (χ0) is 19.9. The fraction of sp³-hybridized carbons (Fsp3) is 0.435. The highest BCUT2D eigenvalue weighted by Gasteiger charge is 2.26. The van der Waals surface area contributed by atoms with E-state index in [1.54, 1.807) is 12.0 Å². The second kappa shape index (κ2) is 9.71. The van der Waals surface area contributed by atoms with Crippen LogP contribution in [0, 0.1) is 6.92 Å². The van der Waals surface area contributed by atoms with Crippen LogP contribution in [0.2, 0.25) is 0 Å². The van der Waals surface area contributed by atoms with E-state index in [0.717, 1.165) is 44.0 Å². The topological polar surface area (TPSA) is 47.2 Å². The Bertz CT molecular complexity index is 771. The highest BCUT2D eigenvalue weighted by molar-refractivity contribution is 5.77. The number of benzene rings is 2. The number of nitrogens with one attached hydrogen (secondary N) is 3. The molecule has 0 spiro atoms. The number of carbonyl (C=O) groups is 1. The maximum Gasteiger partial charge on any atom is 0.275 e. The largest absolute Gasteiger partial charge is 0.496 e. The first kappa shape index (κ1) is 20.4. The molecule has 1 amide bonds. The summed E-state index contributed by atoms with van der Waals surface area (Å²) in [6, 6.07) is 16.6. The van der Waals surface area contributed by atoms with Gasteiger partial charge in [0.25, 0.3) is 5.91 Å². The molecule has 0 aliphatic carbocycles. The van der Waals surface area contributed by atoms with Crippen LogP contribution in [-0.4, -0.2) is 45.7 Å². The van der Waals surface area contributed by atoms with E-state index in [9.17, 15) is 4.79 Å². The lowest BCUT2D eigenvalue weighted by Crippen LogP contribution is -3.28. The molecular formula is C23H33N3O2+2. The van der Waals surface area contributed by atoms with E-state index in [4.69, 9.17) is 4.74 Å². The normalized spacial score (nSPS) is 20.4. The average molecular weight is 384 g/mol. The minimum Gasteiger partial charge on any atom is -0.496 e. The minimum atomic E-state index is 0.0498. The molecule has 1 saturated heterocycles. The van der Waals surface area contributed by atoms with Crippen LogP contribution < -0.4 is 19.9 Å². The Hall–Kier alpha value is -2.37. The lowest BCUT2D eigenvalue weighted by molar-refractivity contribution is -1.02. The Balaban J connectivity index is 1.45. The van der Waals surface area contributed by atoms with Crippen LogP contribution in [0.5, 0.6) is 5.75 Å². The van der Waals surface area contributed by atoms with Gasteiger partial charge in [-0.3, -0.25) is 4.79 Å². The van der Waals surface area contributed by atoms with Gasteiger partial charge < -0.3 is 19.9 Å². The van der Waals surface area contributed by atoms with E-state index in [2.05, 4.69) is 42.6 Å². The summed E-state index contributed by atoms with van der Waals surface area (Å²) in [4.78, 5) is 15.4. The number of piperazine rings is 1. The summed E-state index contributed by atoms with van der Waals surface area (Å²) in [6.07, 6.45) is 0. The molecule has 3 rings (SSSR count). The molecule has 5 nitrogen and oxygen atoms in total. The van der Waals surface area contributed by atoms with Crippen molar-refractivity contribution in [2.45, 2.75) is 26.4 Å². The molecule has 28 heavy (non-hydrogen) atoms. The second-order valence-corrected chi connectivity index (χ2v) is 7.87. The van der Waals surface area contributed by atoms with Crippen LogP contribution >= 0.6 is 0 Å².